The molecule has 1 aliphatic rings. The Morgan fingerprint density at radius 3 is 2.59 bits per heavy atom. The molecule has 138 valence electrons. The number of pyridine rings is 1. The Balaban J connectivity index is 1.32. The maximum atomic E-state index is 12.5. The Morgan fingerprint density at radius 1 is 1.04 bits per heavy atom. The van der Waals surface area contributed by atoms with Crippen LogP contribution in [0.25, 0.3) is 0 Å². The van der Waals surface area contributed by atoms with Gasteiger partial charge in [0.25, 0.3) is 5.91 Å². The van der Waals surface area contributed by atoms with Crippen molar-refractivity contribution in [2.75, 3.05) is 31.5 Å². The number of amides is 1. The molecule has 1 aromatic carbocycles. The van der Waals surface area contributed by atoms with Gasteiger partial charge < -0.3 is 10.2 Å². The van der Waals surface area contributed by atoms with Crippen LogP contribution in [-0.2, 0) is 6.54 Å². The summed E-state index contributed by atoms with van der Waals surface area (Å²) in [5, 5.41) is 3.89. The van der Waals surface area contributed by atoms with Crippen LogP contribution in [0.1, 0.15) is 16.1 Å². The Kier molecular flexibility index (Phi) is 5.36. The van der Waals surface area contributed by atoms with Gasteiger partial charge in [-0.1, -0.05) is 24.3 Å². The van der Waals surface area contributed by atoms with E-state index < -0.39 is 0 Å². The quantitative estimate of drug-likeness (QED) is 0.733. The molecule has 0 aliphatic carbocycles. The van der Waals surface area contributed by atoms with Crippen LogP contribution >= 0.6 is 11.5 Å². The first-order chi connectivity index (χ1) is 13.3. The summed E-state index contributed by atoms with van der Waals surface area (Å²) >= 11 is 1.30. The van der Waals surface area contributed by atoms with Crippen LogP contribution in [0.15, 0.2) is 54.9 Å². The number of nitrogens with zero attached hydrogens (tertiary/aromatic N) is 5. The fourth-order valence-electron chi connectivity index (χ4n) is 3.08. The first-order valence-corrected chi connectivity index (χ1v) is 9.61. The van der Waals surface area contributed by atoms with Gasteiger partial charge in [0.1, 0.15) is 12.1 Å². The summed E-state index contributed by atoms with van der Waals surface area (Å²) in [5.41, 5.74) is 1.75. The zero-order valence-corrected chi connectivity index (χ0v) is 15.6. The minimum absolute atomic E-state index is 0.108. The second-order valence-corrected chi connectivity index (χ2v) is 7.10. The summed E-state index contributed by atoms with van der Waals surface area (Å²) in [5.74, 6) is 0.874. The van der Waals surface area contributed by atoms with E-state index in [0.29, 0.717) is 0 Å². The van der Waals surface area contributed by atoms with E-state index in [2.05, 4.69) is 24.6 Å². The maximum absolute atomic E-state index is 12.5. The van der Waals surface area contributed by atoms with E-state index in [-0.39, 0.29) is 5.91 Å². The molecular weight excluding hydrogens is 360 g/mol. The number of carbonyl (C=O) groups is 1. The Hall–Kier alpha value is -2.84. The van der Waals surface area contributed by atoms with E-state index in [1.807, 2.05) is 53.4 Å². The van der Waals surface area contributed by atoms with E-state index in [1.165, 1.54) is 17.9 Å². The zero-order chi connectivity index (χ0) is 18.5. The molecule has 0 bridgehead atoms. The fraction of sp³-hybridized carbons (Fsp3) is 0.263. The third kappa shape index (κ3) is 4.47. The van der Waals surface area contributed by atoms with Crippen molar-refractivity contribution in [3.63, 3.8) is 0 Å². The number of rotatable bonds is 5. The number of carbonyl (C=O) groups excluding carboxylic acids is 1. The van der Waals surface area contributed by atoms with Gasteiger partial charge in [-0.25, -0.2) is 9.97 Å². The number of aromatic nitrogens is 3. The van der Waals surface area contributed by atoms with Crippen molar-refractivity contribution in [3.05, 3.63) is 66.1 Å². The molecule has 0 spiro atoms. The van der Waals surface area contributed by atoms with Gasteiger partial charge in [-0.05, 0) is 24.3 Å². The monoisotopic (exact) mass is 380 g/mol. The van der Waals surface area contributed by atoms with Crippen LogP contribution < -0.4 is 5.32 Å². The SMILES string of the molecule is O=C(c1ccccc1)N1CCN(Cc2cccc(Nc3ncns3)n2)CC1. The number of benzene rings is 1. The molecule has 0 atom stereocenters. The number of piperazine rings is 1. The van der Waals surface area contributed by atoms with Crippen LogP contribution in [0.3, 0.4) is 0 Å². The lowest BCUT2D eigenvalue weighted by Gasteiger charge is -2.34. The predicted octanol–water partition coefficient (Wildman–Crippen LogP) is 2.63. The van der Waals surface area contributed by atoms with Gasteiger partial charge in [-0.2, -0.15) is 4.37 Å². The molecule has 1 amide bonds. The highest BCUT2D eigenvalue weighted by atomic mass is 32.1. The molecule has 1 aliphatic heterocycles. The average Bonchev–Trinajstić information content (AvgIpc) is 3.22. The summed E-state index contributed by atoms with van der Waals surface area (Å²) in [6.45, 7) is 3.91. The second-order valence-electron chi connectivity index (χ2n) is 6.32. The predicted molar refractivity (Wildman–Crippen MR) is 105 cm³/mol. The number of hydrogen-bond donors (Lipinski definition) is 1. The molecule has 0 radical (unpaired) electrons. The van der Waals surface area contributed by atoms with E-state index in [0.717, 1.165) is 54.9 Å². The van der Waals surface area contributed by atoms with Crippen molar-refractivity contribution >= 4 is 28.4 Å². The Morgan fingerprint density at radius 2 is 1.85 bits per heavy atom. The van der Waals surface area contributed by atoms with Gasteiger partial charge in [-0.3, -0.25) is 9.69 Å². The smallest absolute Gasteiger partial charge is 0.253 e. The Bertz CT molecular complexity index is 878. The average molecular weight is 380 g/mol. The fourth-order valence-corrected chi connectivity index (χ4v) is 3.52. The van der Waals surface area contributed by atoms with E-state index in [9.17, 15) is 4.79 Å². The summed E-state index contributed by atoms with van der Waals surface area (Å²) in [6, 6.07) is 15.4. The lowest BCUT2D eigenvalue weighted by atomic mass is 10.2. The lowest BCUT2D eigenvalue weighted by Crippen LogP contribution is -2.48. The summed E-state index contributed by atoms with van der Waals surface area (Å²) in [6.07, 6.45) is 1.52. The highest BCUT2D eigenvalue weighted by Crippen LogP contribution is 2.16. The molecule has 2 aromatic heterocycles. The van der Waals surface area contributed by atoms with Gasteiger partial charge in [-0.15, -0.1) is 0 Å². The molecule has 0 saturated carbocycles. The lowest BCUT2D eigenvalue weighted by molar-refractivity contribution is 0.0627. The highest BCUT2D eigenvalue weighted by Gasteiger charge is 2.22. The van der Waals surface area contributed by atoms with Crippen molar-refractivity contribution in [1.82, 2.24) is 24.1 Å². The largest absolute Gasteiger partial charge is 0.336 e. The number of hydrogen-bond acceptors (Lipinski definition) is 7. The summed E-state index contributed by atoms with van der Waals surface area (Å²) in [4.78, 5) is 25.6. The van der Waals surface area contributed by atoms with Crippen molar-refractivity contribution < 1.29 is 4.79 Å². The molecule has 8 heteroatoms. The molecular formula is C19H20N6OS. The third-order valence-electron chi connectivity index (χ3n) is 4.47. The van der Waals surface area contributed by atoms with Crippen molar-refractivity contribution in [1.29, 1.82) is 0 Å². The molecule has 1 N–H and O–H groups in total. The molecule has 0 unspecified atom stereocenters. The summed E-state index contributed by atoms with van der Waals surface area (Å²) in [7, 11) is 0. The molecule has 7 nitrogen and oxygen atoms in total. The van der Waals surface area contributed by atoms with Gasteiger partial charge in [0.15, 0.2) is 0 Å². The Labute approximate surface area is 161 Å². The zero-order valence-electron chi connectivity index (χ0n) is 14.8. The highest BCUT2D eigenvalue weighted by molar-refractivity contribution is 7.09. The molecule has 1 fully saturated rings. The topological polar surface area (TPSA) is 74.2 Å². The molecule has 3 heterocycles. The van der Waals surface area contributed by atoms with E-state index in [1.54, 1.807) is 0 Å². The first-order valence-electron chi connectivity index (χ1n) is 8.84. The van der Waals surface area contributed by atoms with Crippen LogP contribution in [0.5, 0.6) is 0 Å². The van der Waals surface area contributed by atoms with Gasteiger partial charge >= 0.3 is 0 Å². The minimum atomic E-state index is 0.108. The minimum Gasteiger partial charge on any atom is -0.336 e. The van der Waals surface area contributed by atoms with Crippen molar-refractivity contribution in [2.24, 2.45) is 0 Å². The third-order valence-corrected chi connectivity index (χ3v) is 5.05. The molecule has 3 aromatic rings. The van der Waals surface area contributed by atoms with Crippen molar-refractivity contribution in [3.8, 4) is 0 Å². The number of anilines is 2. The van der Waals surface area contributed by atoms with Crippen LogP contribution in [0.2, 0.25) is 0 Å². The second kappa shape index (κ2) is 8.24. The van der Waals surface area contributed by atoms with E-state index in [4.69, 9.17) is 0 Å². The maximum Gasteiger partial charge on any atom is 0.253 e. The molecule has 4 rings (SSSR count). The van der Waals surface area contributed by atoms with Crippen LogP contribution in [0, 0.1) is 0 Å². The van der Waals surface area contributed by atoms with Crippen LogP contribution in [0.4, 0.5) is 10.9 Å². The van der Waals surface area contributed by atoms with Gasteiger partial charge in [0.05, 0.1) is 5.69 Å². The molecule has 27 heavy (non-hydrogen) atoms. The summed E-state index contributed by atoms with van der Waals surface area (Å²) < 4.78 is 3.98. The molecule has 1 saturated heterocycles. The van der Waals surface area contributed by atoms with Crippen LogP contribution in [-0.4, -0.2) is 56.2 Å². The van der Waals surface area contributed by atoms with E-state index >= 15 is 0 Å². The van der Waals surface area contributed by atoms with Crippen molar-refractivity contribution in [2.45, 2.75) is 6.54 Å². The normalized spacial score (nSPS) is 14.9. The first kappa shape index (κ1) is 17.6. The standard InChI is InChI=1S/C19H20N6OS/c26-18(15-5-2-1-3-6-15)25-11-9-24(10-12-25)13-16-7-4-8-17(22-16)23-19-20-14-21-27-19/h1-8,14H,9-13H2,(H,20,21,22,23). The number of nitrogens with one attached hydrogen (secondary N) is 1. The van der Waals surface area contributed by atoms with Gasteiger partial charge in [0, 0.05) is 49.8 Å². The van der Waals surface area contributed by atoms with Gasteiger partial charge in [0.2, 0.25) is 5.13 Å².